The fourth-order valence-corrected chi connectivity index (χ4v) is 2.56. The van der Waals surface area contributed by atoms with E-state index in [0.717, 1.165) is 0 Å². The summed E-state index contributed by atoms with van der Waals surface area (Å²) in [6, 6.07) is 9.77. The molecule has 0 saturated heterocycles. The number of hydrogen-bond acceptors (Lipinski definition) is 5. The molecule has 2 aromatic rings. The first-order valence-corrected chi connectivity index (χ1v) is 7.01. The summed E-state index contributed by atoms with van der Waals surface area (Å²) >= 11 is 0. The number of hydrogen-bond donors (Lipinski definition) is 0. The molecule has 0 aliphatic carbocycles. The molecule has 0 unspecified atom stereocenters. The summed E-state index contributed by atoms with van der Waals surface area (Å²) in [5.41, 5.74) is 2.72. The van der Waals surface area contributed by atoms with Gasteiger partial charge in [0, 0.05) is 16.7 Å². The lowest BCUT2D eigenvalue weighted by atomic mass is 10.0. The van der Waals surface area contributed by atoms with Crippen LogP contribution in [-0.2, 0) is 9.47 Å². The number of fused-ring (bicyclic) bond motifs is 2. The lowest BCUT2D eigenvalue weighted by molar-refractivity contribution is 0.0443. The molecule has 2 heterocycles. The average Bonchev–Trinajstić information content (AvgIpc) is 3.02. The molecule has 2 aliphatic rings. The summed E-state index contributed by atoms with van der Waals surface area (Å²) in [7, 11) is 0. The van der Waals surface area contributed by atoms with E-state index in [4.69, 9.17) is 4.74 Å². The van der Waals surface area contributed by atoms with Gasteiger partial charge >= 0.3 is 17.9 Å². The molecule has 5 nitrogen and oxygen atoms in total. The van der Waals surface area contributed by atoms with E-state index in [9.17, 15) is 14.4 Å². The number of carbonyl (C=O) groups excluding carboxylic acids is 3. The Bertz CT molecular complexity index is 952. The molecule has 0 bridgehead atoms. The number of rotatable bonds is 0. The molecule has 0 saturated carbocycles. The standard InChI is InChI=1S/C19H8O5/c1-10-13-6-4-11(8-15(13)18(21)23-10)2-3-12-5-7-14-16(9-12)19(22)24-17(14)20/h4-9H,1H2. The first-order valence-electron chi connectivity index (χ1n) is 7.01. The van der Waals surface area contributed by atoms with Gasteiger partial charge in [-0.2, -0.15) is 0 Å². The van der Waals surface area contributed by atoms with E-state index in [2.05, 4.69) is 23.2 Å². The van der Waals surface area contributed by atoms with Crippen molar-refractivity contribution in [3.63, 3.8) is 0 Å². The van der Waals surface area contributed by atoms with Crippen LogP contribution in [0.2, 0.25) is 0 Å². The molecule has 0 fully saturated rings. The van der Waals surface area contributed by atoms with Crippen LogP contribution in [0.25, 0.3) is 5.76 Å². The van der Waals surface area contributed by atoms with Crippen molar-refractivity contribution in [3.05, 3.63) is 76.4 Å². The molecular formula is C19H8O5. The van der Waals surface area contributed by atoms with Gasteiger partial charge in [0.25, 0.3) is 0 Å². The largest absolute Gasteiger partial charge is 0.423 e. The molecule has 4 rings (SSSR count). The molecule has 0 N–H and O–H groups in total. The molecule has 5 heteroatoms. The van der Waals surface area contributed by atoms with Gasteiger partial charge in [0.15, 0.2) is 0 Å². The van der Waals surface area contributed by atoms with Crippen molar-refractivity contribution in [2.45, 2.75) is 0 Å². The topological polar surface area (TPSA) is 69.7 Å². The molecule has 114 valence electrons. The van der Waals surface area contributed by atoms with Crippen LogP contribution in [0.5, 0.6) is 0 Å². The maximum Gasteiger partial charge on any atom is 0.346 e. The summed E-state index contributed by atoms with van der Waals surface area (Å²) in [5.74, 6) is 4.39. The van der Waals surface area contributed by atoms with Crippen molar-refractivity contribution in [2.24, 2.45) is 0 Å². The highest BCUT2D eigenvalue weighted by Gasteiger charge is 2.29. The highest BCUT2D eigenvalue weighted by molar-refractivity contribution is 6.14. The zero-order valence-electron chi connectivity index (χ0n) is 12.2. The van der Waals surface area contributed by atoms with Crippen molar-refractivity contribution >= 4 is 23.7 Å². The average molecular weight is 316 g/mol. The Balaban J connectivity index is 1.69. The highest BCUT2D eigenvalue weighted by Crippen LogP contribution is 2.28. The Morgan fingerprint density at radius 2 is 1.17 bits per heavy atom. The number of cyclic esters (lactones) is 3. The lowest BCUT2D eigenvalue weighted by Crippen LogP contribution is -1.96. The molecule has 2 aromatic carbocycles. The van der Waals surface area contributed by atoms with Crippen molar-refractivity contribution in [3.8, 4) is 11.8 Å². The molecule has 0 spiro atoms. The van der Waals surface area contributed by atoms with Crippen LogP contribution in [0.3, 0.4) is 0 Å². The van der Waals surface area contributed by atoms with Gasteiger partial charge in [-0.3, -0.25) is 0 Å². The van der Waals surface area contributed by atoms with E-state index < -0.39 is 17.9 Å². The summed E-state index contributed by atoms with van der Waals surface area (Å²) in [5, 5.41) is 0. The minimum atomic E-state index is -0.669. The maximum atomic E-state index is 11.7. The van der Waals surface area contributed by atoms with Gasteiger partial charge < -0.3 is 9.47 Å². The fraction of sp³-hybridized carbons (Fsp3) is 0. The minimum absolute atomic E-state index is 0.209. The SMILES string of the molecule is C=C1OC(=O)c2cc(C#Cc3ccc4c(c3)C(=O)OC4=O)ccc21. The van der Waals surface area contributed by atoms with Crippen LogP contribution in [0, 0.1) is 11.8 Å². The number of esters is 3. The summed E-state index contributed by atoms with van der Waals surface area (Å²) < 4.78 is 9.49. The van der Waals surface area contributed by atoms with Gasteiger partial charge in [0.05, 0.1) is 16.7 Å². The predicted molar refractivity (Wildman–Crippen MR) is 83.1 cm³/mol. The molecule has 0 radical (unpaired) electrons. The number of benzene rings is 2. The van der Waals surface area contributed by atoms with Crippen LogP contribution in [0.15, 0.2) is 43.0 Å². The minimum Gasteiger partial charge on any atom is -0.423 e. The zero-order valence-corrected chi connectivity index (χ0v) is 12.2. The Hall–Kier alpha value is -3.65. The van der Waals surface area contributed by atoms with Crippen molar-refractivity contribution in [2.75, 3.05) is 0 Å². The Labute approximate surface area is 136 Å². The third kappa shape index (κ3) is 2.09. The van der Waals surface area contributed by atoms with E-state index in [1.54, 1.807) is 24.3 Å². The lowest BCUT2D eigenvalue weighted by Gasteiger charge is -1.96. The quantitative estimate of drug-likeness (QED) is 0.424. The Kier molecular flexibility index (Phi) is 2.87. The second kappa shape index (κ2) is 4.93. The van der Waals surface area contributed by atoms with Gasteiger partial charge in [-0.15, -0.1) is 0 Å². The predicted octanol–water partition coefficient (Wildman–Crippen LogP) is 2.54. The third-order valence-corrected chi connectivity index (χ3v) is 3.75. The Morgan fingerprint density at radius 3 is 1.83 bits per heavy atom. The zero-order chi connectivity index (χ0) is 16.8. The van der Waals surface area contributed by atoms with Gasteiger partial charge in [0.2, 0.25) is 0 Å². The fourth-order valence-electron chi connectivity index (χ4n) is 2.56. The van der Waals surface area contributed by atoms with Crippen LogP contribution >= 0.6 is 0 Å². The van der Waals surface area contributed by atoms with Crippen molar-refractivity contribution < 1.29 is 23.9 Å². The van der Waals surface area contributed by atoms with Gasteiger partial charge in [-0.05, 0) is 36.4 Å². The van der Waals surface area contributed by atoms with Gasteiger partial charge in [0.1, 0.15) is 5.76 Å². The van der Waals surface area contributed by atoms with Crippen LogP contribution in [0.4, 0.5) is 0 Å². The first-order chi connectivity index (χ1) is 11.5. The van der Waals surface area contributed by atoms with E-state index in [0.29, 0.717) is 28.0 Å². The van der Waals surface area contributed by atoms with E-state index in [1.165, 1.54) is 12.1 Å². The smallest absolute Gasteiger partial charge is 0.346 e. The number of ether oxygens (including phenoxy) is 2. The molecular weight excluding hydrogens is 308 g/mol. The maximum absolute atomic E-state index is 11.7. The molecule has 0 aromatic heterocycles. The number of carbonyl (C=O) groups is 3. The second-order valence-corrected chi connectivity index (χ2v) is 5.26. The molecule has 0 atom stereocenters. The summed E-state index contributed by atoms with van der Waals surface area (Å²) in [6.45, 7) is 3.67. The first kappa shape index (κ1) is 14.0. The van der Waals surface area contributed by atoms with Crippen LogP contribution in [0.1, 0.15) is 47.8 Å². The van der Waals surface area contributed by atoms with E-state index >= 15 is 0 Å². The normalized spacial score (nSPS) is 14.5. The monoisotopic (exact) mass is 316 g/mol. The summed E-state index contributed by atoms with van der Waals surface area (Å²) in [4.78, 5) is 34.6. The van der Waals surface area contributed by atoms with Crippen molar-refractivity contribution in [1.82, 2.24) is 0 Å². The second-order valence-electron chi connectivity index (χ2n) is 5.26. The van der Waals surface area contributed by atoms with Crippen LogP contribution in [-0.4, -0.2) is 17.9 Å². The Morgan fingerprint density at radius 1 is 0.667 bits per heavy atom. The van der Waals surface area contributed by atoms with Crippen LogP contribution < -0.4 is 0 Å². The van der Waals surface area contributed by atoms with E-state index in [-0.39, 0.29) is 11.1 Å². The third-order valence-electron chi connectivity index (χ3n) is 3.75. The molecule has 24 heavy (non-hydrogen) atoms. The van der Waals surface area contributed by atoms with E-state index in [1.807, 2.05) is 0 Å². The van der Waals surface area contributed by atoms with Crippen molar-refractivity contribution in [1.29, 1.82) is 0 Å². The molecule has 2 aliphatic heterocycles. The summed E-state index contributed by atoms with van der Waals surface area (Å²) in [6.07, 6.45) is 0. The highest BCUT2D eigenvalue weighted by atomic mass is 16.6. The van der Waals surface area contributed by atoms with Gasteiger partial charge in [-0.25, -0.2) is 14.4 Å². The van der Waals surface area contributed by atoms with Gasteiger partial charge in [-0.1, -0.05) is 18.4 Å². The molecule has 0 amide bonds.